The Hall–Kier alpha value is -3.75. The van der Waals surface area contributed by atoms with Crippen LogP contribution in [0.5, 0.6) is 11.6 Å². The first-order chi connectivity index (χ1) is 16.4. The van der Waals surface area contributed by atoms with Gasteiger partial charge in [0.1, 0.15) is 11.3 Å². The van der Waals surface area contributed by atoms with E-state index in [0.717, 1.165) is 15.0 Å². The summed E-state index contributed by atoms with van der Waals surface area (Å²) in [4.78, 5) is 33.5. The van der Waals surface area contributed by atoms with E-state index in [1.807, 2.05) is 36.4 Å². The standard InChI is InChI=1S/C25H18ClN3O4S/c26-15-7-9-16(10-8-15)29-24(32)22(23(31)28-25(29)33)19-13-21(14-5-11-17(30)12-6-14)34-20-4-2-1-3-18(20)27-19/h1-12,21,30,32H,13H2,(H,28,31,33)/t21-/m0/s1. The molecule has 1 atom stereocenters. The lowest BCUT2D eigenvalue weighted by atomic mass is 10.0. The zero-order chi connectivity index (χ0) is 23.8. The first kappa shape index (κ1) is 22.1. The molecule has 34 heavy (non-hydrogen) atoms. The average molecular weight is 492 g/mol. The quantitative estimate of drug-likeness (QED) is 0.376. The van der Waals surface area contributed by atoms with E-state index in [-0.39, 0.29) is 16.6 Å². The molecule has 0 spiro atoms. The summed E-state index contributed by atoms with van der Waals surface area (Å²) in [7, 11) is 0. The first-order valence-corrected chi connectivity index (χ1v) is 11.6. The largest absolute Gasteiger partial charge is 0.508 e. The molecule has 3 aromatic carbocycles. The average Bonchev–Trinajstić information content (AvgIpc) is 3.00. The van der Waals surface area contributed by atoms with Gasteiger partial charge >= 0.3 is 5.69 Å². The van der Waals surface area contributed by atoms with Crippen LogP contribution >= 0.6 is 23.4 Å². The molecule has 0 aliphatic carbocycles. The third kappa shape index (κ3) is 4.13. The Morgan fingerprint density at radius 3 is 2.41 bits per heavy atom. The second-order valence-electron chi connectivity index (χ2n) is 7.70. The summed E-state index contributed by atoms with van der Waals surface area (Å²) in [6, 6.07) is 20.7. The van der Waals surface area contributed by atoms with Gasteiger partial charge < -0.3 is 10.2 Å². The van der Waals surface area contributed by atoms with Crippen molar-refractivity contribution in [1.29, 1.82) is 0 Å². The zero-order valence-electron chi connectivity index (χ0n) is 17.6. The Balaban J connectivity index is 1.70. The van der Waals surface area contributed by atoms with Crippen LogP contribution in [0.4, 0.5) is 5.69 Å². The lowest BCUT2D eigenvalue weighted by Crippen LogP contribution is -2.33. The van der Waals surface area contributed by atoms with Crippen LogP contribution in [-0.2, 0) is 0 Å². The van der Waals surface area contributed by atoms with Gasteiger partial charge in [-0.05, 0) is 54.1 Å². The van der Waals surface area contributed by atoms with Gasteiger partial charge in [0.05, 0.1) is 17.1 Å². The van der Waals surface area contributed by atoms with Crippen LogP contribution in [0, 0.1) is 0 Å². The first-order valence-electron chi connectivity index (χ1n) is 10.4. The number of aromatic hydroxyl groups is 2. The number of nitrogens with one attached hydrogen (secondary N) is 1. The molecule has 0 unspecified atom stereocenters. The van der Waals surface area contributed by atoms with Crippen molar-refractivity contribution in [2.45, 2.75) is 16.6 Å². The van der Waals surface area contributed by atoms with Crippen LogP contribution in [0.1, 0.15) is 22.8 Å². The second kappa shape index (κ2) is 8.89. The summed E-state index contributed by atoms with van der Waals surface area (Å²) in [5.74, 6) is -0.343. The summed E-state index contributed by atoms with van der Waals surface area (Å²) >= 11 is 7.54. The number of thioether (sulfide) groups is 1. The fourth-order valence-electron chi connectivity index (χ4n) is 3.86. The predicted octanol–water partition coefficient (Wildman–Crippen LogP) is 4.95. The molecule has 1 aliphatic rings. The van der Waals surface area contributed by atoms with Crippen LogP contribution in [0.2, 0.25) is 5.02 Å². The lowest BCUT2D eigenvalue weighted by Gasteiger charge is -2.17. The highest BCUT2D eigenvalue weighted by molar-refractivity contribution is 7.99. The SMILES string of the molecule is O=c1[nH]c(=O)n(-c2ccc(Cl)cc2)c(O)c1C1=Nc2ccccc2S[C@H](c2ccc(O)cc2)C1. The number of halogens is 1. The molecular formula is C25H18ClN3O4S. The van der Waals surface area contributed by atoms with Gasteiger partial charge in [-0.25, -0.2) is 9.36 Å². The number of aromatic nitrogens is 2. The number of nitrogens with zero attached hydrogens (tertiary/aromatic N) is 2. The fraction of sp³-hybridized carbons (Fsp3) is 0.0800. The molecule has 4 aromatic rings. The zero-order valence-corrected chi connectivity index (χ0v) is 19.2. The maximum absolute atomic E-state index is 12.9. The number of hydrogen-bond donors (Lipinski definition) is 3. The van der Waals surface area contributed by atoms with E-state index >= 15 is 0 Å². The number of para-hydroxylation sites is 1. The Kier molecular flexibility index (Phi) is 5.77. The number of H-pyrrole nitrogens is 1. The van der Waals surface area contributed by atoms with E-state index in [4.69, 9.17) is 16.6 Å². The summed E-state index contributed by atoms with van der Waals surface area (Å²) in [6.07, 6.45) is 0.305. The Bertz CT molecular complexity index is 1530. The van der Waals surface area contributed by atoms with E-state index in [1.54, 1.807) is 48.2 Å². The molecular weight excluding hydrogens is 474 g/mol. The molecule has 0 radical (unpaired) electrons. The molecule has 0 fully saturated rings. The van der Waals surface area contributed by atoms with Crippen molar-refractivity contribution >= 4 is 34.8 Å². The minimum absolute atomic E-state index is 0.0735. The summed E-state index contributed by atoms with van der Waals surface area (Å²) in [5.41, 5.74) is 0.713. The Morgan fingerprint density at radius 2 is 1.68 bits per heavy atom. The smallest absolute Gasteiger partial charge is 0.335 e. The molecule has 1 aromatic heterocycles. The summed E-state index contributed by atoms with van der Waals surface area (Å²) in [6.45, 7) is 0. The topological polar surface area (TPSA) is 108 Å². The maximum Gasteiger partial charge on any atom is 0.335 e. The van der Waals surface area contributed by atoms with E-state index in [9.17, 15) is 19.8 Å². The molecule has 0 bridgehead atoms. The molecule has 5 rings (SSSR count). The number of aliphatic imine (C=N–C) groups is 1. The monoisotopic (exact) mass is 491 g/mol. The highest BCUT2D eigenvalue weighted by Crippen LogP contribution is 2.45. The van der Waals surface area contributed by atoms with Gasteiger partial charge in [0.15, 0.2) is 0 Å². The van der Waals surface area contributed by atoms with Gasteiger partial charge in [0.25, 0.3) is 5.56 Å². The molecule has 1 aliphatic heterocycles. The van der Waals surface area contributed by atoms with E-state index in [2.05, 4.69) is 4.98 Å². The van der Waals surface area contributed by atoms with E-state index < -0.39 is 17.1 Å². The lowest BCUT2D eigenvalue weighted by molar-refractivity contribution is 0.429. The van der Waals surface area contributed by atoms with E-state index in [0.29, 0.717) is 28.5 Å². The molecule has 0 saturated heterocycles. The molecule has 9 heteroatoms. The normalized spacial score (nSPS) is 15.3. The summed E-state index contributed by atoms with van der Waals surface area (Å²) < 4.78 is 1.02. The van der Waals surface area contributed by atoms with Gasteiger partial charge in [-0.15, -0.1) is 11.8 Å². The fourth-order valence-corrected chi connectivity index (χ4v) is 5.22. The molecule has 0 saturated carbocycles. The maximum atomic E-state index is 12.9. The van der Waals surface area contributed by atoms with Crippen LogP contribution in [0.25, 0.3) is 5.69 Å². The van der Waals surface area contributed by atoms with Gasteiger partial charge in [0.2, 0.25) is 5.88 Å². The van der Waals surface area contributed by atoms with Gasteiger partial charge in [-0.1, -0.05) is 35.9 Å². The molecule has 3 N–H and O–H groups in total. The third-order valence-corrected chi connectivity index (χ3v) is 7.07. The minimum Gasteiger partial charge on any atom is -0.508 e. The van der Waals surface area contributed by atoms with Crippen molar-refractivity contribution in [3.8, 4) is 17.3 Å². The molecule has 7 nitrogen and oxygen atoms in total. The van der Waals surface area contributed by atoms with Crippen molar-refractivity contribution in [1.82, 2.24) is 9.55 Å². The highest BCUT2D eigenvalue weighted by Gasteiger charge is 2.27. The molecule has 0 amide bonds. The Labute approximate surface area is 203 Å². The van der Waals surface area contributed by atoms with Crippen LogP contribution in [0.3, 0.4) is 0 Å². The Morgan fingerprint density at radius 1 is 0.971 bits per heavy atom. The number of phenolic OH excluding ortho intramolecular Hbond substituents is 1. The highest BCUT2D eigenvalue weighted by atomic mass is 35.5. The number of phenols is 1. The molecule has 2 heterocycles. The number of rotatable bonds is 3. The van der Waals surface area contributed by atoms with Gasteiger partial charge in [-0.2, -0.15) is 0 Å². The van der Waals surface area contributed by atoms with Crippen LogP contribution in [-0.4, -0.2) is 25.5 Å². The third-order valence-electron chi connectivity index (χ3n) is 5.49. The van der Waals surface area contributed by atoms with Crippen molar-refractivity contribution in [3.05, 3.63) is 110 Å². The van der Waals surface area contributed by atoms with Gasteiger partial charge in [-0.3, -0.25) is 14.8 Å². The second-order valence-corrected chi connectivity index (χ2v) is 9.38. The van der Waals surface area contributed by atoms with Crippen molar-refractivity contribution in [3.63, 3.8) is 0 Å². The van der Waals surface area contributed by atoms with Crippen molar-refractivity contribution in [2.75, 3.05) is 0 Å². The van der Waals surface area contributed by atoms with Gasteiger partial charge in [0, 0.05) is 21.6 Å². The number of hydrogen-bond acceptors (Lipinski definition) is 6. The van der Waals surface area contributed by atoms with Crippen LogP contribution < -0.4 is 11.2 Å². The van der Waals surface area contributed by atoms with Crippen molar-refractivity contribution in [2.24, 2.45) is 4.99 Å². The number of aromatic amines is 1. The van der Waals surface area contributed by atoms with Crippen LogP contribution in [0.15, 0.2) is 92.3 Å². The van der Waals surface area contributed by atoms with E-state index in [1.165, 1.54) is 0 Å². The summed E-state index contributed by atoms with van der Waals surface area (Å²) in [5, 5.41) is 21.2. The predicted molar refractivity (Wildman–Crippen MR) is 133 cm³/mol. The van der Waals surface area contributed by atoms with Crippen molar-refractivity contribution < 1.29 is 10.2 Å². The molecule has 170 valence electrons. The number of benzene rings is 3. The number of fused-ring (bicyclic) bond motifs is 1. The minimum atomic E-state index is -0.771.